The van der Waals surface area contributed by atoms with Crippen LogP contribution in [0.15, 0.2) is 18.2 Å². The topological polar surface area (TPSA) is 61.6 Å². The van der Waals surface area contributed by atoms with Crippen molar-refractivity contribution in [3.8, 4) is 0 Å². The number of benzene rings is 1. The van der Waals surface area contributed by atoms with E-state index in [1.165, 1.54) is 0 Å². The summed E-state index contributed by atoms with van der Waals surface area (Å²) in [4.78, 5) is 15.9. The largest absolute Gasteiger partial charge is 0.397 e. The van der Waals surface area contributed by atoms with Gasteiger partial charge in [-0.2, -0.15) is 0 Å². The van der Waals surface area contributed by atoms with E-state index in [4.69, 9.17) is 5.73 Å². The Kier molecular flexibility index (Phi) is 5.63. The summed E-state index contributed by atoms with van der Waals surface area (Å²) in [5.41, 5.74) is 8.07. The quantitative estimate of drug-likeness (QED) is 0.595. The molecule has 1 rings (SSSR count). The van der Waals surface area contributed by atoms with E-state index in [1.807, 2.05) is 39.2 Å². The van der Waals surface area contributed by atoms with E-state index in [1.54, 1.807) is 12.1 Å². The fourth-order valence-corrected chi connectivity index (χ4v) is 1.80. The van der Waals surface area contributed by atoms with Gasteiger partial charge in [0, 0.05) is 26.2 Å². The first-order valence-electron chi connectivity index (χ1n) is 6.41. The predicted molar refractivity (Wildman–Crippen MR) is 80.7 cm³/mol. The molecule has 0 fully saturated rings. The second kappa shape index (κ2) is 6.99. The Morgan fingerprint density at radius 1 is 1.26 bits per heavy atom. The molecule has 5 heteroatoms. The Hall–Kier alpha value is -1.75. The first-order valence-corrected chi connectivity index (χ1v) is 6.41. The minimum atomic E-state index is -0.0734. The SMILES string of the molecule is CN(C)CCCNC(=O)c1ccc(N(C)C)c(N)c1. The lowest BCUT2D eigenvalue weighted by molar-refractivity contribution is 0.0952. The summed E-state index contributed by atoms with van der Waals surface area (Å²) < 4.78 is 0. The van der Waals surface area contributed by atoms with Gasteiger partial charge in [0.15, 0.2) is 0 Å². The lowest BCUT2D eigenvalue weighted by Crippen LogP contribution is -2.27. The molecule has 5 nitrogen and oxygen atoms in total. The molecule has 106 valence electrons. The van der Waals surface area contributed by atoms with Crippen molar-refractivity contribution in [3.63, 3.8) is 0 Å². The van der Waals surface area contributed by atoms with Crippen molar-refractivity contribution in [2.24, 2.45) is 0 Å². The second-order valence-electron chi connectivity index (χ2n) is 5.08. The molecule has 1 amide bonds. The highest BCUT2D eigenvalue weighted by Gasteiger charge is 2.08. The van der Waals surface area contributed by atoms with Gasteiger partial charge in [-0.15, -0.1) is 0 Å². The maximum absolute atomic E-state index is 11.9. The van der Waals surface area contributed by atoms with E-state index in [-0.39, 0.29) is 5.91 Å². The smallest absolute Gasteiger partial charge is 0.251 e. The summed E-state index contributed by atoms with van der Waals surface area (Å²) in [5.74, 6) is -0.0734. The van der Waals surface area contributed by atoms with Gasteiger partial charge in [-0.25, -0.2) is 0 Å². The summed E-state index contributed by atoms with van der Waals surface area (Å²) in [6.45, 7) is 1.63. The average molecular weight is 264 g/mol. The van der Waals surface area contributed by atoms with Crippen molar-refractivity contribution in [1.29, 1.82) is 0 Å². The van der Waals surface area contributed by atoms with Crippen LogP contribution in [0.5, 0.6) is 0 Å². The van der Waals surface area contributed by atoms with Crippen molar-refractivity contribution in [2.45, 2.75) is 6.42 Å². The molecule has 0 bridgehead atoms. The molecule has 3 N–H and O–H groups in total. The number of rotatable bonds is 6. The number of nitrogens with zero attached hydrogens (tertiary/aromatic N) is 2. The summed E-state index contributed by atoms with van der Waals surface area (Å²) in [6.07, 6.45) is 0.935. The van der Waals surface area contributed by atoms with Crippen molar-refractivity contribution in [2.75, 3.05) is 51.9 Å². The van der Waals surface area contributed by atoms with E-state index in [9.17, 15) is 4.79 Å². The number of carbonyl (C=O) groups excluding carboxylic acids is 1. The van der Waals surface area contributed by atoms with Gasteiger partial charge in [0.2, 0.25) is 0 Å². The molecule has 1 aromatic carbocycles. The predicted octanol–water partition coefficient (Wildman–Crippen LogP) is 1.02. The first kappa shape index (κ1) is 15.3. The lowest BCUT2D eigenvalue weighted by Gasteiger charge is -2.16. The van der Waals surface area contributed by atoms with Gasteiger partial charge in [-0.3, -0.25) is 4.79 Å². The Balaban J connectivity index is 2.56. The van der Waals surface area contributed by atoms with Gasteiger partial charge in [-0.1, -0.05) is 0 Å². The van der Waals surface area contributed by atoms with Crippen LogP contribution in [0.25, 0.3) is 0 Å². The molecule has 0 saturated carbocycles. The standard InChI is InChI=1S/C14H24N4O/c1-17(2)9-5-8-16-14(19)11-6-7-13(18(3)4)12(15)10-11/h6-7,10H,5,8-9,15H2,1-4H3,(H,16,19). The number of hydrogen-bond donors (Lipinski definition) is 2. The molecule has 0 atom stereocenters. The fraction of sp³-hybridized carbons (Fsp3) is 0.500. The van der Waals surface area contributed by atoms with Crippen LogP contribution in [0.4, 0.5) is 11.4 Å². The van der Waals surface area contributed by atoms with Crippen LogP contribution in [0.3, 0.4) is 0 Å². The summed E-state index contributed by atoms with van der Waals surface area (Å²) in [6, 6.07) is 5.38. The molecule has 1 aromatic rings. The molecule has 0 spiro atoms. The molecule has 0 heterocycles. The zero-order chi connectivity index (χ0) is 14.4. The van der Waals surface area contributed by atoms with Crippen LogP contribution in [0.1, 0.15) is 16.8 Å². The van der Waals surface area contributed by atoms with Crippen LogP contribution in [0, 0.1) is 0 Å². The van der Waals surface area contributed by atoms with Crippen molar-refractivity contribution in [3.05, 3.63) is 23.8 Å². The number of amides is 1. The van der Waals surface area contributed by atoms with E-state index < -0.39 is 0 Å². The molecule has 0 aliphatic carbocycles. The Labute approximate surface area is 115 Å². The van der Waals surface area contributed by atoms with E-state index in [0.29, 0.717) is 17.8 Å². The zero-order valence-electron chi connectivity index (χ0n) is 12.2. The monoisotopic (exact) mass is 264 g/mol. The highest BCUT2D eigenvalue weighted by atomic mass is 16.1. The van der Waals surface area contributed by atoms with Crippen LogP contribution in [0.2, 0.25) is 0 Å². The van der Waals surface area contributed by atoms with Crippen LogP contribution < -0.4 is 16.0 Å². The van der Waals surface area contributed by atoms with Crippen molar-refractivity contribution >= 4 is 17.3 Å². The number of carbonyl (C=O) groups is 1. The molecular weight excluding hydrogens is 240 g/mol. The second-order valence-corrected chi connectivity index (χ2v) is 5.08. The van der Waals surface area contributed by atoms with Crippen LogP contribution >= 0.6 is 0 Å². The summed E-state index contributed by atoms with van der Waals surface area (Å²) in [7, 11) is 7.88. The number of anilines is 2. The van der Waals surface area contributed by atoms with Gasteiger partial charge >= 0.3 is 0 Å². The Bertz CT molecular complexity index is 429. The summed E-state index contributed by atoms with van der Waals surface area (Å²) >= 11 is 0. The number of hydrogen-bond acceptors (Lipinski definition) is 4. The normalized spacial score (nSPS) is 10.6. The molecule has 0 aliphatic rings. The third-order valence-corrected chi connectivity index (χ3v) is 2.84. The molecule has 0 unspecified atom stereocenters. The van der Waals surface area contributed by atoms with Gasteiger partial charge < -0.3 is 20.9 Å². The fourth-order valence-electron chi connectivity index (χ4n) is 1.80. The molecule has 0 radical (unpaired) electrons. The van der Waals surface area contributed by atoms with Gasteiger partial charge in [0.1, 0.15) is 0 Å². The Morgan fingerprint density at radius 3 is 2.47 bits per heavy atom. The molecule has 19 heavy (non-hydrogen) atoms. The summed E-state index contributed by atoms with van der Waals surface area (Å²) in [5, 5.41) is 2.90. The third kappa shape index (κ3) is 4.79. The third-order valence-electron chi connectivity index (χ3n) is 2.84. The van der Waals surface area contributed by atoms with E-state index in [2.05, 4.69) is 10.2 Å². The number of nitrogens with one attached hydrogen (secondary N) is 1. The molecule has 0 saturated heterocycles. The highest BCUT2D eigenvalue weighted by Crippen LogP contribution is 2.22. The van der Waals surface area contributed by atoms with Crippen LogP contribution in [-0.4, -0.2) is 52.1 Å². The van der Waals surface area contributed by atoms with Gasteiger partial charge in [0.25, 0.3) is 5.91 Å². The van der Waals surface area contributed by atoms with Crippen molar-refractivity contribution < 1.29 is 4.79 Å². The zero-order valence-corrected chi connectivity index (χ0v) is 12.2. The van der Waals surface area contributed by atoms with Crippen molar-refractivity contribution in [1.82, 2.24) is 10.2 Å². The van der Waals surface area contributed by atoms with Crippen LogP contribution in [-0.2, 0) is 0 Å². The first-order chi connectivity index (χ1) is 8.91. The Morgan fingerprint density at radius 2 is 1.95 bits per heavy atom. The lowest BCUT2D eigenvalue weighted by atomic mass is 10.1. The number of nitrogens with two attached hydrogens (primary N) is 1. The average Bonchev–Trinajstić information content (AvgIpc) is 2.33. The van der Waals surface area contributed by atoms with Gasteiger partial charge in [0.05, 0.1) is 11.4 Å². The maximum Gasteiger partial charge on any atom is 0.251 e. The maximum atomic E-state index is 11.9. The minimum absolute atomic E-state index is 0.0734. The van der Waals surface area contributed by atoms with Gasteiger partial charge in [-0.05, 0) is 45.3 Å². The van der Waals surface area contributed by atoms with E-state index in [0.717, 1.165) is 18.7 Å². The number of nitrogen functional groups attached to an aromatic ring is 1. The molecule has 0 aliphatic heterocycles. The minimum Gasteiger partial charge on any atom is -0.397 e. The highest BCUT2D eigenvalue weighted by molar-refractivity contribution is 5.96. The molecular formula is C14H24N4O. The van der Waals surface area contributed by atoms with E-state index >= 15 is 0 Å². The molecule has 0 aromatic heterocycles.